The van der Waals surface area contributed by atoms with E-state index in [-0.39, 0.29) is 0 Å². The molecule has 0 aliphatic carbocycles. The Bertz CT molecular complexity index is 497. The Morgan fingerprint density at radius 2 is 1.67 bits per heavy atom. The zero-order valence-electron chi connectivity index (χ0n) is 12.9. The minimum Gasteiger partial charge on any atom is -0.497 e. The fourth-order valence-corrected chi connectivity index (χ4v) is 2.28. The number of benzene rings is 2. The van der Waals surface area contributed by atoms with Crippen LogP contribution in [0.25, 0.3) is 0 Å². The molecule has 0 radical (unpaired) electrons. The molecule has 1 atom stereocenters. The second kappa shape index (κ2) is 7.14. The number of aliphatic hydroxyl groups is 1. The molecule has 2 rings (SSSR count). The van der Waals surface area contributed by atoms with Crippen LogP contribution >= 0.6 is 0 Å². The molecule has 1 N–H and O–H groups in total. The van der Waals surface area contributed by atoms with E-state index in [4.69, 9.17) is 4.74 Å². The monoisotopic (exact) mass is 285 g/mol. The Morgan fingerprint density at radius 1 is 1.05 bits per heavy atom. The summed E-state index contributed by atoms with van der Waals surface area (Å²) in [6, 6.07) is 16.0. The van der Waals surface area contributed by atoms with E-state index < -0.39 is 6.10 Å². The molecule has 2 aromatic carbocycles. The van der Waals surface area contributed by atoms with E-state index in [0.717, 1.165) is 23.4 Å². The number of rotatable bonds is 6. The third kappa shape index (κ3) is 3.99. The van der Waals surface area contributed by atoms with Crippen LogP contribution in [0.4, 0.5) is 5.69 Å². The molecule has 21 heavy (non-hydrogen) atoms. The number of hydrogen-bond acceptors (Lipinski definition) is 3. The molecule has 1 unspecified atom stereocenters. The molecule has 0 aromatic heterocycles. The summed E-state index contributed by atoms with van der Waals surface area (Å²) in [4.78, 5) is 2.04. The van der Waals surface area contributed by atoms with Crippen LogP contribution in [0, 0.1) is 0 Å². The van der Waals surface area contributed by atoms with Crippen molar-refractivity contribution in [1.29, 1.82) is 0 Å². The molecule has 0 spiro atoms. The molecule has 0 saturated heterocycles. The maximum atomic E-state index is 10.4. The lowest BCUT2D eigenvalue weighted by molar-refractivity contribution is 0.185. The van der Waals surface area contributed by atoms with Gasteiger partial charge in [-0.1, -0.05) is 31.2 Å². The standard InChI is InChI=1S/C18H23NO2/c1-4-14-5-7-15(8-6-14)18(20)13-19(2)16-9-11-17(21-3)12-10-16/h5-12,18,20H,4,13H2,1-3H3. The lowest BCUT2D eigenvalue weighted by Gasteiger charge is -2.23. The minimum atomic E-state index is -0.497. The zero-order chi connectivity index (χ0) is 15.2. The summed E-state index contributed by atoms with van der Waals surface area (Å²) in [7, 11) is 3.63. The van der Waals surface area contributed by atoms with Gasteiger partial charge in [0.1, 0.15) is 5.75 Å². The van der Waals surface area contributed by atoms with E-state index in [1.807, 2.05) is 48.3 Å². The highest BCUT2D eigenvalue weighted by molar-refractivity contribution is 5.48. The summed E-state index contributed by atoms with van der Waals surface area (Å²) in [5.74, 6) is 0.836. The van der Waals surface area contributed by atoms with Gasteiger partial charge in [0.2, 0.25) is 0 Å². The largest absolute Gasteiger partial charge is 0.497 e. The van der Waals surface area contributed by atoms with E-state index in [1.54, 1.807) is 7.11 Å². The lowest BCUT2D eigenvalue weighted by Crippen LogP contribution is -2.24. The van der Waals surface area contributed by atoms with Crippen LogP contribution in [0.2, 0.25) is 0 Å². The number of likely N-dealkylation sites (N-methyl/N-ethyl adjacent to an activating group) is 1. The van der Waals surface area contributed by atoms with Gasteiger partial charge in [0, 0.05) is 19.3 Å². The van der Waals surface area contributed by atoms with Crippen molar-refractivity contribution in [1.82, 2.24) is 0 Å². The van der Waals surface area contributed by atoms with Gasteiger partial charge in [-0.25, -0.2) is 0 Å². The van der Waals surface area contributed by atoms with Crippen molar-refractivity contribution in [2.45, 2.75) is 19.4 Å². The SMILES string of the molecule is CCc1ccc(C(O)CN(C)c2ccc(OC)cc2)cc1. The molecule has 0 heterocycles. The van der Waals surface area contributed by atoms with Gasteiger partial charge in [0.05, 0.1) is 13.2 Å². The van der Waals surface area contributed by atoms with Gasteiger partial charge in [-0.3, -0.25) is 0 Å². The van der Waals surface area contributed by atoms with Gasteiger partial charge in [-0.05, 0) is 41.8 Å². The van der Waals surface area contributed by atoms with Crippen LogP contribution in [0.3, 0.4) is 0 Å². The molecule has 0 fully saturated rings. The topological polar surface area (TPSA) is 32.7 Å². The van der Waals surface area contributed by atoms with Crippen molar-refractivity contribution in [2.75, 3.05) is 25.6 Å². The predicted molar refractivity (Wildman–Crippen MR) is 87.0 cm³/mol. The second-order valence-electron chi connectivity index (χ2n) is 5.19. The fourth-order valence-electron chi connectivity index (χ4n) is 2.28. The first kappa shape index (κ1) is 15.4. The molecule has 0 aliphatic heterocycles. The first-order valence-electron chi connectivity index (χ1n) is 7.26. The van der Waals surface area contributed by atoms with Crippen LogP contribution < -0.4 is 9.64 Å². The van der Waals surface area contributed by atoms with Crippen LogP contribution in [0.1, 0.15) is 24.2 Å². The van der Waals surface area contributed by atoms with E-state index >= 15 is 0 Å². The minimum absolute atomic E-state index is 0.497. The van der Waals surface area contributed by atoms with Gasteiger partial charge < -0.3 is 14.7 Å². The third-order valence-electron chi connectivity index (χ3n) is 3.73. The van der Waals surface area contributed by atoms with E-state index in [2.05, 4.69) is 19.1 Å². The van der Waals surface area contributed by atoms with Crippen LogP contribution in [0.5, 0.6) is 5.75 Å². The molecular weight excluding hydrogens is 262 g/mol. The molecule has 3 nitrogen and oxygen atoms in total. The maximum absolute atomic E-state index is 10.4. The molecule has 112 valence electrons. The Balaban J connectivity index is 2.01. The first-order valence-corrected chi connectivity index (χ1v) is 7.26. The van der Waals surface area contributed by atoms with Crippen molar-refractivity contribution in [3.63, 3.8) is 0 Å². The van der Waals surface area contributed by atoms with Gasteiger partial charge in [-0.2, -0.15) is 0 Å². The Kier molecular flexibility index (Phi) is 5.23. The Labute approximate surface area is 126 Å². The van der Waals surface area contributed by atoms with E-state index in [9.17, 15) is 5.11 Å². The van der Waals surface area contributed by atoms with E-state index in [0.29, 0.717) is 6.54 Å². The van der Waals surface area contributed by atoms with Gasteiger partial charge >= 0.3 is 0 Å². The van der Waals surface area contributed by atoms with Crippen LogP contribution in [0.15, 0.2) is 48.5 Å². The number of methoxy groups -OCH3 is 1. The van der Waals surface area contributed by atoms with Crippen molar-refractivity contribution >= 4 is 5.69 Å². The third-order valence-corrected chi connectivity index (χ3v) is 3.73. The predicted octanol–water partition coefficient (Wildman–Crippen LogP) is 3.43. The summed E-state index contributed by atoms with van der Waals surface area (Å²) < 4.78 is 5.15. The summed E-state index contributed by atoms with van der Waals surface area (Å²) in [6.07, 6.45) is 0.519. The van der Waals surface area contributed by atoms with Crippen LogP contribution in [-0.2, 0) is 6.42 Å². The Morgan fingerprint density at radius 3 is 2.19 bits per heavy atom. The van der Waals surface area contributed by atoms with Crippen molar-refractivity contribution in [3.05, 3.63) is 59.7 Å². The summed E-state index contributed by atoms with van der Waals surface area (Å²) in [5.41, 5.74) is 3.29. The molecule has 2 aromatic rings. The zero-order valence-corrected chi connectivity index (χ0v) is 12.9. The fraction of sp³-hybridized carbons (Fsp3) is 0.333. The average molecular weight is 285 g/mol. The molecule has 0 bridgehead atoms. The number of anilines is 1. The van der Waals surface area contributed by atoms with Crippen molar-refractivity contribution < 1.29 is 9.84 Å². The normalized spacial score (nSPS) is 12.0. The quantitative estimate of drug-likeness (QED) is 0.882. The average Bonchev–Trinajstić information content (AvgIpc) is 2.55. The number of hydrogen-bond donors (Lipinski definition) is 1. The Hall–Kier alpha value is -2.00. The van der Waals surface area contributed by atoms with Crippen LogP contribution in [-0.4, -0.2) is 25.8 Å². The van der Waals surface area contributed by atoms with Crippen molar-refractivity contribution in [2.24, 2.45) is 0 Å². The lowest BCUT2D eigenvalue weighted by atomic mass is 10.1. The van der Waals surface area contributed by atoms with Gasteiger partial charge in [0.25, 0.3) is 0 Å². The van der Waals surface area contributed by atoms with E-state index in [1.165, 1.54) is 5.56 Å². The summed E-state index contributed by atoms with van der Waals surface area (Å²) in [6.45, 7) is 2.68. The number of aryl methyl sites for hydroxylation is 1. The molecule has 3 heteroatoms. The molecule has 0 aliphatic rings. The second-order valence-corrected chi connectivity index (χ2v) is 5.19. The molecular formula is C18H23NO2. The molecule has 0 saturated carbocycles. The summed E-state index contributed by atoms with van der Waals surface area (Å²) in [5, 5.41) is 10.4. The van der Waals surface area contributed by atoms with Gasteiger partial charge in [-0.15, -0.1) is 0 Å². The highest BCUT2D eigenvalue weighted by Crippen LogP contribution is 2.21. The first-order chi connectivity index (χ1) is 10.1. The summed E-state index contributed by atoms with van der Waals surface area (Å²) >= 11 is 0. The smallest absolute Gasteiger partial charge is 0.119 e. The highest BCUT2D eigenvalue weighted by Gasteiger charge is 2.11. The molecule has 0 amide bonds. The number of nitrogens with zero attached hydrogens (tertiary/aromatic N) is 1. The van der Waals surface area contributed by atoms with Crippen molar-refractivity contribution in [3.8, 4) is 5.75 Å². The number of ether oxygens (including phenoxy) is 1. The highest BCUT2D eigenvalue weighted by atomic mass is 16.5. The maximum Gasteiger partial charge on any atom is 0.119 e. The van der Waals surface area contributed by atoms with Gasteiger partial charge in [0.15, 0.2) is 0 Å². The number of aliphatic hydroxyl groups excluding tert-OH is 1.